The molecule has 124 valence electrons. The topological polar surface area (TPSA) is 49.8 Å². The molecule has 0 unspecified atom stereocenters. The van der Waals surface area contributed by atoms with Crippen molar-refractivity contribution in [2.75, 3.05) is 13.7 Å². The predicted octanol–water partition coefficient (Wildman–Crippen LogP) is 2.87. The number of hydrogen-bond donors (Lipinski definition) is 1. The Bertz CT molecular complexity index is 699. The van der Waals surface area contributed by atoms with Gasteiger partial charge in [-0.05, 0) is 11.1 Å². The number of nitrogens with zero attached hydrogens (tertiary/aromatic N) is 1. The van der Waals surface area contributed by atoms with Crippen molar-refractivity contribution in [1.82, 2.24) is 4.90 Å². The van der Waals surface area contributed by atoms with Crippen LogP contribution in [0.2, 0.25) is 0 Å². The van der Waals surface area contributed by atoms with Crippen molar-refractivity contribution in [3.05, 3.63) is 83.9 Å². The number of amides is 1. The number of carbonyl (C=O) groups is 1. The van der Waals surface area contributed by atoms with Crippen LogP contribution in [-0.4, -0.2) is 35.7 Å². The molecule has 2 aromatic carbocycles. The van der Waals surface area contributed by atoms with Crippen LogP contribution in [0.3, 0.4) is 0 Å². The zero-order valence-electron chi connectivity index (χ0n) is 13.6. The maximum absolute atomic E-state index is 12.5. The fourth-order valence-electron chi connectivity index (χ4n) is 3.14. The molecule has 0 radical (unpaired) electrons. The number of aliphatic hydroxyl groups excluding tert-OH is 1. The maximum atomic E-state index is 12.5. The van der Waals surface area contributed by atoms with Crippen molar-refractivity contribution < 1.29 is 14.6 Å². The van der Waals surface area contributed by atoms with Crippen LogP contribution >= 0.6 is 0 Å². The monoisotopic (exact) mass is 323 g/mol. The van der Waals surface area contributed by atoms with Gasteiger partial charge in [0.1, 0.15) is 6.10 Å². The van der Waals surface area contributed by atoms with E-state index < -0.39 is 12.1 Å². The molecular weight excluding hydrogens is 302 g/mol. The summed E-state index contributed by atoms with van der Waals surface area (Å²) in [5.41, 5.74) is 1.78. The Labute approximate surface area is 142 Å². The molecule has 0 fully saturated rings. The van der Waals surface area contributed by atoms with Gasteiger partial charge in [0.2, 0.25) is 5.91 Å². The van der Waals surface area contributed by atoms with Crippen LogP contribution in [0.15, 0.2) is 72.8 Å². The third-order valence-corrected chi connectivity index (χ3v) is 4.32. The number of hydrogen-bond acceptors (Lipinski definition) is 3. The van der Waals surface area contributed by atoms with Crippen LogP contribution in [0.4, 0.5) is 0 Å². The number of carbonyl (C=O) groups excluding carboxylic acids is 1. The predicted molar refractivity (Wildman–Crippen MR) is 92.2 cm³/mol. The summed E-state index contributed by atoms with van der Waals surface area (Å²) in [6.07, 6.45) is 2.52. The normalized spacial score (nSPS) is 19.5. The van der Waals surface area contributed by atoms with Crippen molar-refractivity contribution >= 4 is 5.91 Å². The zero-order chi connectivity index (χ0) is 16.9. The van der Waals surface area contributed by atoms with Gasteiger partial charge >= 0.3 is 0 Å². The van der Waals surface area contributed by atoms with Crippen molar-refractivity contribution in [1.29, 1.82) is 0 Å². The zero-order valence-corrected chi connectivity index (χ0v) is 13.6. The second kappa shape index (κ2) is 7.43. The molecule has 3 atom stereocenters. The minimum absolute atomic E-state index is 0.110. The molecule has 24 heavy (non-hydrogen) atoms. The van der Waals surface area contributed by atoms with E-state index in [1.807, 2.05) is 60.7 Å². The molecule has 0 aromatic heterocycles. The van der Waals surface area contributed by atoms with Crippen LogP contribution in [0.1, 0.15) is 23.3 Å². The van der Waals surface area contributed by atoms with Gasteiger partial charge in [0.15, 0.2) is 0 Å². The summed E-state index contributed by atoms with van der Waals surface area (Å²) >= 11 is 0. The van der Waals surface area contributed by atoms with Crippen LogP contribution in [0.5, 0.6) is 0 Å². The maximum Gasteiger partial charge on any atom is 0.247 e. The minimum atomic E-state index is -0.781. The van der Waals surface area contributed by atoms with Crippen LogP contribution in [0.25, 0.3) is 0 Å². The largest absolute Gasteiger partial charge is 0.386 e. The number of benzene rings is 2. The van der Waals surface area contributed by atoms with E-state index in [1.54, 1.807) is 18.1 Å². The summed E-state index contributed by atoms with van der Waals surface area (Å²) in [5.74, 6) is -0.110. The lowest BCUT2D eigenvalue weighted by atomic mass is 9.99. The van der Waals surface area contributed by atoms with E-state index in [4.69, 9.17) is 4.74 Å². The summed E-state index contributed by atoms with van der Waals surface area (Å²) in [7, 11) is 1.62. The number of rotatable bonds is 6. The summed E-state index contributed by atoms with van der Waals surface area (Å²) in [4.78, 5) is 14.2. The standard InChI is InChI=1S/C20H21NO3/c1-24-14-18(15-8-4-2-5-9-15)21-17(12-13-19(21)22)20(23)16-10-6-3-7-11-16/h2-13,17-18,20,23H,14H2,1H3/t17-,18+,20-/m1/s1. The molecule has 0 bridgehead atoms. The van der Waals surface area contributed by atoms with Gasteiger partial charge in [-0.3, -0.25) is 4.79 Å². The van der Waals surface area contributed by atoms with Crippen LogP contribution in [-0.2, 0) is 9.53 Å². The summed E-state index contributed by atoms with van der Waals surface area (Å²) in [6, 6.07) is 18.5. The fraction of sp³-hybridized carbons (Fsp3) is 0.250. The second-order valence-corrected chi connectivity index (χ2v) is 5.83. The quantitative estimate of drug-likeness (QED) is 0.889. The molecule has 1 amide bonds. The highest BCUT2D eigenvalue weighted by atomic mass is 16.5. The Morgan fingerprint density at radius 3 is 2.21 bits per heavy atom. The van der Waals surface area contributed by atoms with Crippen LogP contribution in [0, 0.1) is 0 Å². The highest BCUT2D eigenvalue weighted by molar-refractivity contribution is 5.91. The first-order chi connectivity index (χ1) is 11.7. The molecular formula is C20H21NO3. The lowest BCUT2D eigenvalue weighted by Crippen LogP contribution is -2.42. The average molecular weight is 323 g/mol. The molecule has 2 aromatic rings. The Morgan fingerprint density at radius 1 is 1.04 bits per heavy atom. The van der Waals surface area contributed by atoms with Gasteiger partial charge in [-0.15, -0.1) is 0 Å². The fourth-order valence-corrected chi connectivity index (χ4v) is 3.14. The van der Waals surface area contributed by atoms with E-state index in [-0.39, 0.29) is 11.9 Å². The molecule has 1 heterocycles. The summed E-state index contributed by atoms with van der Waals surface area (Å²) in [6.45, 7) is 0.370. The van der Waals surface area contributed by atoms with Crippen molar-refractivity contribution in [3.63, 3.8) is 0 Å². The molecule has 3 rings (SSSR count). The molecule has 1 N–H and O–H groups in total. The summed E-state index contributed by atoms with van der Waals surface area (Å²) < 4.78 is 5.35. The molecule has 1 aliphatic rings. The van der Waals surface area contributed by atoms with E-state index >= 15 is 0 Å². The van der Waals surface area contributed by atoms with Gasteiger partial charge in [0.05, 0.1) is 18.7 Å². The van der Waals surface area contributed by atoms with E-state index in [0.717, 1.165) is 11.1 Å². The highest BCUT2D eigenvalue weighted by Crippen LogP contribution is 2.33. The first kappa shape index (κ1) is 16.4. The number of methoxy groups -OCH3 is 1. The molecule has 0 spiro atoms. The van der Waals surface area contributed by atoms with E-state index in [2.05, 4.69) is 0 Å². The first-order valence-corrected chi connectivity index (χ1v) is 7.99. The molecule has 1 aliphatic heterocycles. The molecule has 4 nitrogen and oxygen atoms in total. The Morgan fingerprint density at radius 2 is 1.62 bits per heavy atom. The van der Waals surface area contributed by atoms with Gasteiger partial charge in [-0.25, -0.2) is 0 Å². The third kappa shape index (κ3) is 3.25. The molecule has 0 saturated carbocycles. The molecule has 4 heteroatoms. The van der Waals surface area contributed by atoms with Gasteiger partial charge in [-0.2, -0.15) is 0 Å². The molecule has 0 saturated heterocycles. The Kier molecular flexibility index (Phi) is 5.08. The van der Waals surface area contributed by atoms with Gasteiger partial charge in [0.25, 0.3) is 0 Å². The van der Waals surface area contributed by atoms with Crippen LogP contribution < -0.4 is 0 Å². The Balaban J connectivity index is 1.92. The smallest absolute Gasteiger partial charge is 0.247 e. The SMILES string of the molecule is COC[C@@H](c1ccccc1)N1C(=O)C=C[C@@H]1[C@H](O)c1ccccc1. The Hall–Kier alpha value is -2.43. The van der Waals surface area contributed by atoms with Crippen molar-refractivity contribution in [3.8, 4) is 0 Å². The van der Waals surface area contributed by atoms with E-state index in [0.29, 0.717) is 6.61 Å². The lowest BCUT2D eigenvalue weighted by Gasteiger charge is -2.35. The number of aliphatic hydroxyl groups is 1. The first-order valence-electron chi connectivity index (χ1n) is 7.99. The van der Waals surface area contributed by atoms with E-state index in [9.17, 15) is 9.90 Å². The third-order valence-electron chi connectivity index (χ3n) is 4.32. The summed E-state index contributed by atoms with van der Waals surface area (Å²) in [5, 5.41) is 10.8. The highest BCUT2D eigenvalue weighted by Gasteiger charge is 2.37. The lowest BCUT2D eigenvalue weighted by molar-refractivity contribution is -0.132. The second-order valence-electron chi connectivity index (χ2n) is 5.83. The van der Waals surface area contributed by atoms with Crippen molar-refractivity contribution in [2.45, 2.75) is 18.2 Å². The van der Waals surface area contributed by atoms with Gasteiger partial charge in [-0.1, -0.05) is 66.7 Å². The average Bonchev–Trinajstić information content (AvgIpc) is 3.02. The van der Waals surface area contributed by atoms with Crippen molar-refractivity contribution in [2.24, 2.45) is 0 Å². The van der Waals surface area contributed by atoms with Gasteiger partial charge < -0.3 is 14.7 Å². The number of ether oxygens (including phenoxy) is 1. The molecule has 0 aliphatic carbocycles. The van der Waals surface area contributed by atoms with E-state index in [1.165, 1.54) is 6.08 Å². The minimum Gasteiger partial charge on any atom is -0.386 e. The van der Waals surface area contributed by atoms with Gasteiger partial charge in [0, 0.05) is 13.2 Å².